The Kier molecular flexibility index (Phi) is 2.53. The molecule has 2 aliphatic rings. The van der Waals surface area contributed by atoms with E-state index >= 15 is 0 Å². The van der Waals surface area contributed by atoms with Gasteiger partial charge in [-0.05, 0) is 19.9 Å². The number of ketones is 2. The molecule has 1 heterocycles. The summed E-state index contributed by atoms with van der Waals surface area (Å²) in [4.78, 5) is 24.7. The highest BCUT2D eigenvalue weighted by molar-refractivity contribution is 6.27. The predicted molar refractivity (Wildman–Crippen MR) is 69.6 cm³/mol. The second-order valence-corrected chi connectivity index (χ2v) is 5.63. The van der Waals surface area contributed by atoms with Crippen molar-refractivity contribution in [3.05, 3.63) is 40.7 Å². The second-order valence-electron chi connectivity index (χ2n) is 5.63. The average Bonchev–Trinajstić information content (AvgIpc) is 2.81. The molecule has 1 aliphatic heterocycles. The SMILES string of the molecule is CC(C)(O)C1CC2=C(O1)C(=O)c1c(O)cccc1C2=O. The number of benzene rings is 1. The van der Waals surface area contributed by atoms with E-state index in [1.54, 1.807) is 13.8 Å². The highest BCUT2D eigenvalue weighted by Crippen LogP contribution is 2.40. The number of carbonyl (C=O) groups excluding carboxylic acids is 2. The van der Waals surface area contributed by atoms with Crippen molar-refractivity contribution in [1.29, 1.82) is 0 Å². The molecule has 20 heavy (non-hydrogen) atoms. The molecular weight excluding hydrogens is 260 g/mol. The molecule has 1 aliphatic carbocycles. The Bertz CT molecular complexity index is 663. The van der Waals surface area contributed by atoms with E-state index in [-0.39, 0.29) is 40.4 Å². The maximum absolute atomic E-state index is 12.4. The Balaban J connectivity index is 2.09. The first kappa shape index (κ1) is 12.9. The normalized spacial score (nSPS) is 21.6. The molecule has 1 aromatic rings. The lowest BCUT2D eigenvalue weighted by atomic mass is 9.85. The number of Topliss-reactive ketones (excluding diaryl/α,β-unsaturated/α-hetero) is 2. The molecule has 0 radical (unpaired) electrons. The van der Waals surface area contributed by atoms with Gasteiger partial charge in [-0.25, -0.2) is 0 Å². The van der Waals surface area contributed by atoms with E-state index in [0.717, 1.165) is 0 Å². The van der Waals surface area contributed by atoms with Crippen LogP contribution in [-0.2, 0) is 4.74 Å². The lowest BCUT2D eigenvalue weighted by Crippen LogP contribution is -2.36. The summed E-state index contributed by atoms with van der Waals surface area (Å²) in [5.41, 5.74) is -0.715. The molecule has 1 atom stereocenters. The first-order valence-electron chi connectivity index (χ1n) is 6.34. The molecule has 3 rings (SSSR count). The Morgan fingerprint density at radius 3 is 2.60 bits per heavy atom. The minimum absolute atomic E-state index is 0.0207. The topological polar surface area (TPSA) is 83.8 Å². The lowest BCUT2D eigenvalue weighted by Gasteiger charge is -2.25. The van der Waals surface area contributed by atoms with Gasteiger partial charge in [-0.1, -0.05) is 12.1 Å². The van der Waals surface area contributed by atoms with Crippen LogP contribution in [0, 0.1) is 0 Å². The fourth-order valence-electron chi connectivity index (χ4n) is 2.56. The number of fused-ring (bicyclic) bond motifs is 1. The highest BCUT2D eigenvalue weighted by atomic mass is 16.5. The molecule has 1 aromatic carbocycles. The van der Waals surface area contributed by atoms with Gasteiger partial charge in [0.1, 0.15) is 11.9 Å². The Hall–Kier alpha value is -2.14. The molecule has 5 nitrogen and oxygen atoms in total. The number of aliphatic hydroxyl groups is 1. The first-order chi connectivity index (χ1) is 9.30. The molecule has 2 N–H and O–H groups in total. The zero-order valence-electron chi connectivity index (χ0n) is 11.1. The van der Waals surface area contributed by atoms with E-state index in [4.69, 9.17) is 4.74 Å². The minimum atomic E-state index is -1.16. The number of allylic oxidation sites excluding steroid dienone is 1. The van der Waals surface area contributed by atoms with Gasteiger partial charge in [-0.2, -0.15) is 0 Å². The van der Waals surface area contributed by atoms with Gasteiger partial charge >= 0.3 is 0 Å². The summed E-state index contributed by atoms with van der Waals surface area (Å²) < 4.78 is 5.47. The molecule has 1 unspecified atom stereocenters. The maximum atomic E-state index is 12.4. The number of hydrogen-bond donors (Lipinski definition) is 2. The van der Waals surface area contributed by atoms with Gasteiger partial charge < -0.3 is 14.9 Å². The van der Waals surface area contributed by atoms with Gasteiger partial charge in [0.25, 0.3) is 0 Å². The van der Waals surface area contributed by atoms with Crippen LogP contribution in [0.1, 0.15) is 41.0 Å². The lowest BCUT2D eigenvalue weighted by molar-refractivity contribution is -0.0492. The van der Waals surface area contributed by atoms with Crippen LogP contribution in [0.3, 0.4) is 0 Å². The number of phenols is 1. The van der Waals surface area contributed by atoms with Crippen molar-refractivity contribution in [3.8, 4) is 5.75 Å². The molecular formula is C15H14O5. The molecule has 0 fully saturated rings. The van der Waals surface area contributed by atoms with Gasteiger partial charge in [0, 0.05) is 12.0 Å². The van der Waals surface area contributed by atoms with Crippen molar-refractivity contribution in [3.63, 3.8) is 0 Å². The summed E-state index contributed by atoms with van der Waals surface area (Å²) in [5.74, 6) is -1.10. The first-order valence-corrected chi connectivity index (χ1v) is 6.34. The smallest absolute Gasteiger partial charge is 0.232 e. The van der Waals surface area contributed by atoms with Crippen LogP contribution in [0.2, 0.25) is 0 Å². The fraction of sp³-hybridized carbons (Fsp3) is 0.333. The zero-order valence-corrected chi connectivity index (χ0v) is 11.1. The molecule has 0 aromatic heterocycles. The van der Waals surface area contributed by atoms with Crippen LogP contribution in [0.25, 0.3) is 0 Å². The number of phenolic OH excluding ortho intramolecular Hbond substituents is 1. The molecule has 0 amide bonds. The van der Waals surface area contributed by atoms with E-state index in [9.17, 15) is 19.8 Å². The summed E-state index contributed by atoms with van der Waals surface area (Å²) >= 11 is 0. The summed E-state index contributed by atoms with van der Waals surface area (Å²) in [6, 6.07) is 4.39. The number of hydrogen-bond acceptors (Lipinski definition) is 5. The minimum Gasteiger partial charge on any atom is -0.507 e. The Morgan fingerprint density at radius 1 is 1.25 bits per heavy atom. The van der Waals surface area contributed by atoms with Crippen LogP contribution in [0.5, 0.6) is 5.75 Å². The van der Waals surface area contributed by atoms with Crippen molar-refractivity contribution in [1.82, 2.24) is 0 Å². The molecule has 0 saturated carbocycles. The quantitative estimate of drug-likeness (QED) is 0.812. The Labute approximate surface area is 115 Å². The number of aromatic hydroxyl groups is 1. The van der Waals surface area contributed by atoms with E-state index in [1.165, 1.54) is 18.2 Å². The monoisotopic (exact) mass is 274 g/mol. The molecule has 0 bridgehead atoms. The summed E-state index contributed by atoms with van der Waals surface area (Å²) in [6.45, 7) is 3.13. The summed E-state index contributed by atoms with van der Waals surface area (Å²) in [6.07, 6.45) is -0.449. The van der Waals surface area contributed by atoms with Crippen LogP contribution < -0.4 is 0 Å². The Morgan fingerprint density at radius 2 is 1.95 bits per heavy atom. The van der Waals surface area contributed by atoms with Crippen LogP contribution in [-0.4, -0.2) is 33.5 Å². The standard InChI is InChI=1S/C15H14O5/c1-15(2,19)10-6-8-12(17)7-4-3-5-9(16)11(7)13(18)14(8)20-10/h3-5,10,16,19H,6H2,1-2H3. The van der Waals surface area contributed by atoms with Crippen molar-refractivity contribution in [2.45, 2.75) is 32.0 Å². The van der Waals surface area contributed by atoms with Crippen molar-refractivity contribution < 1.29 is 24.5 Å². The van der Waals surface area contributed by atoms with Crippen molar-refractivity contribution in [2.75, 3.05) is 0 Å². The van der Waals surface area contributed by atoms with Gasteiger partial charge in [-0.15, -0.1) is 0 Å². The van der Waals surface area contributed by atoms with E-state index in [0.29, 0.717) is 0 Å². The molecule has 0 saturated heterocycles. The van der Waals surface area contributed by atoms with E-state index < -0.39 is 17.5 Å². The largest absolute Gasteiger partial charge is 0.507 e. The van der Waals surface area contributed by atoms with Gasteiger partial charge in [0.2, 0.25) is 5.78 Å². The highest BCUT2D eigenvalue weighted by Gasteiger charge is 2.45. The molecule has 104 valence electrons. The summed E-state index contributed by atoms with van der Waals surface area (Å²) in [5, 5.41) is 19.8. The van der Waals surface area contributed by atoms with Crippen molar-refractivity contribution in [2.24, 2.45) is 0 Å². The van der Waals surface area contributed by atoms with Crippen LogP contribution in [0.4, 0.5) is 0 Å². The van der Waals surface area contributed by atoms with E-state index in [1.807, 2.05) is 0 Å². The third-order valence-corrected chi connectivity index (χ3v) is 3.71. The van der Waals surface area contributed by atoms with Crippen molar-refractivity contribution >= 4 is 11.6 Å². The van der Waals surface area contributed by atoms with Crippen LogP contribution >= 0.6 is 0 Å². The molecule has 0 spiro atoms. The predicted octanol–water partition coefficient (Wildman–Crippen LogP) is 1.59. The average molecular weight is 274 g/mol. The zero-order chi connectivity index (χ0) is 14.7. The third kappa shape index (κ3) is 1.67. The maximum Gasteiger partial charge on any atom is 0.232 e. The number of rotatable bonds is 1. The van der Waals surface area contributed by atoms with Gasteiger partial charge in [0.15, 0.2) is 11.5 Å². The third-order valence-electron chi connectivity index (χ3n) is 3.71. The number of ether oxygens (including phenoxy) is 1. The second kappa shape index (κ2) is 3.93. The van der Waals surface area contributed by atoms with Gasteiger partial charge in [-0.3, -0.25) is 9.59 Å². The number of carbonyl (C=O) groups is 2. The summed E-state index contributed by atoms with van der Waals surface area (Å²) in [7, 11) is 0. The van der Waals surface area contributed by atoms with Gasteiger partial charge in [0.05, 0.1) is 16.7 Å². The van der Waals surface area contributed by atoms with Crippen LogP contribution in [0.15, 0.2) is 29.5 Å². The van der Waals surface area contributed by atoms with E-state index in [2.05, 4.69) is 0 Å². The molecule has 5 heteroatoms. The fourth-order valence-corrected chi connectivity index (χ4v) is 2.56.